The second-order valence-electron chi connectivity index (χ2n) is 5.29. The summed E-state index contributed by atoms with van der Waals surface area (Å²) in [7, 11) is 0. The second-order valence-corrected chi connectivity index (χ2v) is 6.57. The Labute approximate surface area is 119 Å². The molecule has 0 unspecified atom stereocenters. The summed E-state index contributed by atoms with van der Waals surface area (Å²) < 4.78 is 0.0764. The molecule has 0 spiro atoms. The average molecular weight is 287 g/mol. The highest BCUT2D eigenvalue weighted by Gasteiger charge is 2.38. The molecule has 0 aliphatic heterocycles. The molecule has 1 aliphatic carbocycles. The van der Waals surface area contributed by atoms with E-state index in [-0.39, 0.29) is 16.6 Å². The molecule has 2 N–H and O–H groups in total. The van der Waals surface area contributed by atoms with Gasteiger partial charge in [0.15, 0.2) is 0 Å². The molecule has 0 aromatic rings. The molecule has 0 radical (unpaired) electrons. The maximum absolute atomic E-state index is 12.2. The summed E-state index contributed by atoms with van der Waals surface area (Å²) in [5.41, 5.74) is 0. The summed E-state index contributed by atoms with van der Waals surface area (Å²) >= 11 is 1.78. The van der Waals surface area contributed by atoms with Crippen LogP contribution in [0.15, 0.2) is 0 Å². The van der Waals surface area contributed by atoms with Gasteiger partial charge < -0.3 is 10.4 Å². The molecule has 1 rings (SSSR count). The van der Waals surface area contributed by atoms with E-state index in [9.17, 15) is 9.59 Å². The van der Waals surface area contributed by atoms with Crippen LogP contribution >= 0.6 is 11.8 Å². The SMILES string of the molecule is CCC(CC)(CNC(=O)[C@@H]1CCC[C@@H]1C(=O)O)SC. The third-order valence-electron chi connectivity index (χ3n) is 4.48. The molecule has 1 aliphatic rings. The van der Waals surface area contributed by atoms with Gasteiger partial charge in [-0.15, -0.1) is 0 Å². The van der Waals surface area contributed by atoms with Crippen molar-refractivity contribution < 1.29 is 14.7 Å². The summed E-state index contributed by atoms with van der Waals surface area (Å²) in [6.45, 7) is 4.88. The Balaban J connectivity index is 2.57. The molecular formula is C14H25NO3S. The van der Waals surface area contributed by atoms with E-state index < -0.39 is 11.9 Å². The average Bonchev–Trinajstić information content (AvgIpc) is 2.90. The van der Waals surface area contributed by atoms with Gasteiger partial charge in [0.05, 0.1) is 11.8 Å². The van der Waals surface area contributed by atoms with Gasteiger partial charge in [0.1, 0.15) is 0 Å². The topological polar surface area (TPSA) is 66.4 Å². The highest BCUT2D eigenvalue weighted by Crippen LogP contribution is 2.33. The van der Waals surface area contributed by atoms with Crippen LogP contribution in [0, 0.1) is 11.8 Å². The molecule has 5 heteroatoms. The monoisotopic (exact) mass is 287 g/mol. The van der Waals surface area contributed by atoms with Crippen molar-refractivity contribution in [3.63, 3.8) is 0 Å². The summed E-state index contributed by atoms with van der Waals surface area (Å²) in [5.74, 6) is -1.75. The molecule has 4 nitrogen and oxygen atoms in total. The number of amides is 1. The molecule has 2 atom stereocenters. The van der Waals surface area contributed by atoms with Gasteiger partial charge in [0.2, 0.25) is 5.91 Å². The van der Waals surface area contributed by atoms with Crippen molar-refractivity contribution in [3.05, 3.63) is 0 Å². The summed E-state index contributed by atoms with van der Waals surface area (Å²) in [6, 6.07) is 0. The van der Waals surface area contributed by atoms with Gasteiger partial charge in [-0.1, -0.05) is 20.3 Å². The van der Waals surface area contributed by atoms with Crippen LogP contribution in [0.25, 0.3) is 0 Å². The first-order chi connectivity index (χ1) is 8.99. The first-order valence-corrected chi connectivity index (χ1v) is 8.27. The number of carboxylic acids is 1. The van der Waals surface area contributed by atoms with Crippen molar-refractivity contribution >= 4 is 23.6 Å². The van der Waals surface area contributed by atoms with Crippen LogP contribution in [-0.4, -0.2) is 34.5 Å². The normalized spacial score (nSPS) is 23.3. The number of carbonyl (C=O) groups excluding carboxylic acids is 1. The second kappa shape index (κ2) is 7.17. The maximum atomic E-state index is 12.2. The number of carbonyl (C=O) groups is 2. The predicted octanol–water partition coefficient (Wildman–Crippen LogP) is 2.53. The van der Waals surface area contributed by atoms with Crippen LogP contribution in [0.1, 0.15) is 46.0 Å². The fourth-order valence-electron chi connectivity index (χ4n) is 2.81. The molecular weight excluding hydrogens is 262 g/mol. The van der Waals surface area contributed by atoms with Crippen LogP contribution in [0.5, 0.6) is 0 Å². The highest BCUT2D eigenvalue weighted by molar-refractivity contribution is 8.00. The quantitative estimate of drug-likeness (QED) is 0.755. The van der Waals surface area contributed by atoms with Gasteiger partial charge in [0.25, 0.3) is 0 Å². The number of hydrogen-bond donors (Lipinski definition) is 2. The minimum absolute atomic E-state index is 0.0764. The Bertz CT molecular complexity index is 320. The van der Waals surface area contributed by atoms with Crippen molar-refractivity contribution in [2.75, 3.05) is 12.8 Å². The van der Waals surface area contributed by atoms with Crippen LogP contribution in [0.2, 0.25) is 0 Å². The van der Waals surface area contributed by atoms with Crippen molar-refractivity contribution in [1.82, 2.24) is 5.32 Å². The minimum Gasteiger partial charge on any atom is -0.481 e. The lowest BCUT2D eigenvalue weighted by Crippen LogP contribution is -2.43. The van der Waals surface area contributed by atoms with Crippen LogP contribution in [-0.2, 0) is 9.59 Å². The zero-order valence-electron chi connectivity index (χ0n) is 12.1. The van der Waals surface area contributed by atoms with Crippen LogP contribution in [0.4, 0.5) is 0 Å². The lowest BCUT2D eigenvalue weighted by molar-refractivity contribution is -0.146. The number of aliphatic carboxylic acids is 1. The van der Waals surface area contributed by atoms with E-state index in [1.165, 1.54) is 0 Å². The standard InChI is InChI=1S/C14H25NO3S/c1-4-14(5-2,19-3)9-15-12(16)10-7-6-8-11(10)13(17)18/h10-11H,4-9H2,1-3H3,(H,15,16)(H,17,18)/t10-,11+/m1/s1. The summed E-state index contributed by atoms with van der Waals surface area (Å²) in [4.78, 5) is 23.3. The zero-order chi connectivity index (χ0) is 14.5. The fraction of sp³-hybridized carbons (Fsp3) is 0.857. The molecule has 1 fully saturated rings. The molecule has 0 heterocycles. The van der Waals surface area contributed by atoms with Crippen molar-refractivity contribution in [2.45, 2.75) is 50.7 Å². The van der Waals surface area contributed by atoms with E-state index in [0.29, 0.717) is 19.4 Å². The van der Waals surface area contributed by atoms with Crippen LogP contribution in [0.3, 0.4) is 0 Å². The molecule has 0 saturated heterocycles. The summed E-state index contributed by atoms with van der Waals surface area (Å²) in [6.07, 6.45) is 6.23. The van der Waals surface area contributed by atoms with Gasteiger partial charge in [0, 0.05) is 11.3 Å². The molecule has 0 bridgehead atoms. The molecule has 19 heavy (non-hydrogen) atoms. The van der Waals surface area contributed by atoms with Gasteiger partial charge in [-0.05, 0) is 31.9 Å². The molecule has 1 amide bonds. The smallest absolute Gasteiger partial charge is 0.307 e. The third kappa shape index (κ3) is 3.88. The minimum atomic E-state index is -0.834. The maximum Gasteiger partial charge on any atom is 0.307 e. The number of thioether (sulfide) groups is 1. The van der Waals surface area contributed by atoms with Crippen molar-refractivity contribution in [3.8, 4) is 0 Å². The molecule has 0 aromatic heterocycles. The van der Waals surface area contributed by atoms with E-state index in [0.717, 1.165) is 19.3 Å². The molecule has 0 aromatic carbocycles. The van der Waals surface area contributed by atoms with E-state index in [2.05, 4.69) is 25.4 Å². The number of carboxylic acid groups (broad SMARTS) is 1. The van der Waals surface area contributed by atoms with Crippen LogP contribution < -0.4 is 5.32 Å². The number of nitrogens with one attached hydrogen (secondary N) is 1. The highest BCUT2D eigenvalue weighted by atomic mass is 32.2. The first kappa shape index (κ1) is 16.3. The molecule has 1 saturated carbocycles. The Morgan fingerprint density at radius 1 is 1.26 bits per heavy atom. The first-order valence-electron chi connectivity index (χ1n) is 7.05. The number of rotatable bonds is 7. The Morgan fingerprint density at radius 2 is 1.84 bits per heavy atom. The zero-order valence-corrected chi connectivity index (χ0v) is 12.9. The van der Waals surface area contributed by atoms with E-state index in [4.69, 9.17) is 5.11 Å². The Hall–Kier alpha value is -0.710. The fourth-order valence-corrected chi connectivity index (χ4v) is 3.60. The van der Waals surface area contributed by atoms with Crippen molar-refractivity contribution in [2.24, 2.45) is 11.8 Å². The molecule has 110 valence electrons. The largest absolute Gasteiger partial charge is 0.481 e. The van der Waals surface area contributed by atoms with Gasteiger partial charge >= 0.3 is 5.97 Å². The Kier molecular flexibility index (Phi) is 6.17. The van der Waals surface area contributed by atoms with E-state index in [1.807, 2.05) is 0 Å². The van der Waals surface area contributed by atoms with Crippen molar-refractivity contribution in [1.29, 1.82) is 0 Å². The van der Waals surface area contributed by atoms with E-state index >= 15 is 0 Å². The number of hydrogen-bond acceptors (Lipinski definition) is 3. The van der Waals surface area contributed by atoms with Gasteiger partial charge in [-0.3, -0.25) is 9.59 Å². The Morgan fingerprint density at radius 3 is 2.32 bits per heavy atom. The predicted molar refractivity (Wildman–Crippen MR) is 78.3 cm³/mol. The lowest BCUT2D eigenvalue weighted by Gasteiger charge is -2.30. The third-order valence-corrected chi connectivity index (χ3v) is 6.06. The van der Waals surface area contributed by atoms with E-state index in [1.54, 1.807) is 11.8 Å². The van der Waals surface area contributed by atoms with Gasteiger partial charge in [-0.25, -0.2) is 0 Å². The summed E-state index contributed by atoms with van der Waals surface area (Å²) in [5, 5.41) is 12.1. The lowest BCUT2D eigenvalue weighted by atomic mass is 9.94. The van der Waals surface area contributed by atoms with Gasteiger partial charge in [-0.2, -0.15) is 11.8 Å².